The maximum Gasteiger partial charge on any atom is 0.268 e. The third-order valence-corrected chi connectivity index (χ3v) is 7.22. The summed E-state index contributed by atoms with van der Waals surface area (Å²) in [6, 6.07) is 11.3. The van der Waals surface area contributed by atoms with Crippen molar-refractivity contribution < 1.29 is 17.9 Å². The zero-order chi connectivity index (χ0) is 19.7. The number of hydrogen-bond donors (Lipinski definition) is 1. The van der Waals surface area contributed by atoms with Gasteiger partial charge in [-0.25, -0.2) is 8.42 Å². The number of aromatic nitrogens is 1. The van der Waals surface area contributed by atoms with Crippen LogP contribution in [0.3, 0.4) is 0 Å². The minimum Gasteiger partial charge on any atom is -0.379 e. The van der Waals surface area contributed by atoms with Crippen LogP contribution in [0.1, 0.15) is 34.9 Å². The molecule has 4 rings (SSSR count). The number of ether oxygens (including phenoxy) is 1. The quantitative estimate of drug-likeness (QED) is 0.799. The normalized spacial score (nSPS) is 19.3. The van der Waals surface area contributed by atoms with E-state index in [4.69, 9.17) is 4.74 Å². The number of carbonyl (C=O) groups excluding carboxylic acids is 1. The van der Waals surface area contributed by atoms with Crippen LogP contribution in [-0.2, 0) is 21.8 Å². The zero-order valence-corrected chi connectivity index (χ0v) is 16.7. The number of aryl methyl sites for hydroxylation is 1. The van der Waals surface area contributed by atoms with Gasteiger partial charge in [0.2, 0.25) is 10.0 Å². The molecule has 1 aromatic carbocycles. The Kier molecular flexibility index (Phi) is 5.27. The molecule has 0 radical (unpaired) electrons. The van der Waals surface area contributed by atoms with Crippen LogP contribution in [0, 0.1) is 5.92 Å². The zero-order valence-electron chi connectivity index (χ0n) is 15.9. The Hall–Kier alpha value is -2.16. The van der Waals surface area contributed by atoms with Gasteiger partial charge in [-0.3, -0.25) is 4.79 Å². The Morgan fingerprint density at radius 3 is 2.50 bits per heavy atom. The predicted octanol–water partition coefficient (Wildman–Crippen LogP) is 1.93. The number of nitrogens with one attached hydrogen (secondary N) is 1. The minimum atomic E-state index is -3.63. The van der Waals surface area contributed by atoms with E-state index in [9.17, 15) is 13.2 Å². The molecule has 1 aliphatic heterocycles. The second kappa shape index (κ2) is 7.69. The fraction of sp³-hybridized carbons (Fsp3) is 0.450. The fourth-order valence-corrected chi connectivity index (χ4v) is 5.10. The van der Waals surface area contributed by atoms with Gasteiger partial charge in [-0.2, -0.15) is 4.31 Å². The highest BCUT2D eigenvalue weighted by Gasteiger charge is 2.34. The van der Waals surface area contributed by atoms with Crippen molar-refractivity contribution >= 4 is 15.9 Å². The molecule has 1 saturated heterocycles. The highest BCUT2D eigenvalue weighted by atomic mass is 32.2. The molecule has 1 aromatic heterocycles. The Morgan fingerprint density at radius 2 is 1.86 bits per heavy atom. The average molecular weight is 404 g/mol. The number of hydrogen-bond acceptors (Lipinski definition) is 4. The number of rotatable bonds is 6. The van der Waals surface area contributed by atoms with Crippen molar-refractivity contribution in [2.75, 3.05) is 26.3 Å². The lowest BCUT2D eigenvalue weighted by Crippen LogP contribution is -2.40. The molecular formula is C20H25N3O4S. The summed E-state index contributed by atoms with van der Waals surface area (Å²) >= 11 is 0. The number of carbonyl (C=O) groups is 1. The van der Waals surface area contributed by atoms with Gasteiger partial charge in [-0.1, -0.05) is 30.3 Å². The molecule has 1 unspecified atom stereocenters. The Balaban J connectivity index is 1.55. The van der Waals surface area contributed by atoms with Crippen LogP contribution in [0.25, 0.3) is 0 Å². The lowest BCUT2D eigenvalue weighted by atomic mass is 10.0. The van der Waals surface area contributed by atoms with Crippen molar-refractivity contribution in [2.24, 2.45) is 13.0 Å². The molecule has 2 aliphatic rings. The van der Waals surface area contributed by atoms with Crippen molar-refractivity contribution in [3.05, 3.63) is 53.9 Å². The van der Waals surface area contributed by atoms with Crippen LogP contribution in [-0.4, -0.2) is 49.5 Å². The first-order valence-corrected chi connectivity index (χ1v) is 11.0. The summed E-state index contributed by atoms with van der Waals surface area (Å²) in [4.78, 5) is 13.1. The molecule has 8 heteroatoms. The van der Waals surface area contributed by atoms with Crippen LogP contribution < -0.4 is 5.32 Å². The summed E-state index contributed by atoms with van der Waals surface area (Å²) in [5.41, 5.74) is 1.42. The number of benzene rings is 1. The van der Waals surface area contributed by atoms with Crippen LogP contribution >= 0.6 is 0 Å². The topological polar surface area (TPSA) is 80.6 Å². The molecular weight excluding hydrogens is 378 g/mol. The monoisotopic (exact) mass is 403 g/mol. The molecule has 2 fully saturated rings. The minimum absolute atomic E-state index is 0.0529. The smallest absolute Gasteiger partial charge is 0.268 e. The van der Waals surface area contributed by atoms with Crippen LogP contribution in [0.15, 0.2) is 47.5 Å². The third-order valence-electron chi connectivity index (χ3n) is 5.36. The van der Waals surface area contributed by atoms with Crippen molar-refractivity contribution in [1.29, 1.82) is 0 Å². The summed E-state index contributed by atoms with van der Waals surface area (Å²) in [5, 5.41) is 3.11. The molecule has 1 amide bonds. The van der Waals surface area contributed by atoms with Gasteiger partial charge in [0.15, 0.2) is 0 Å². The molecule has 2 heterocycles. The third kappa shape index (κ3) is 3.85. The Bertz CT molecular complexity index is 945. The van der Waals surface area contributed by atoms with Gasteiger partial charge in [0.1, 0.15) is 10.6 Å². The molecule has 1 atom stereocenters. The lowest BCUT2D eigenvalue weighted by molar-refractivity contribution is 0.0730. The van der Waals surface area contributed by atoms with Crippen molar-refractivity contribution in [3.8, 4) is 0 Å². The highest BCUT2D eigenvalue weighted by Crippen LogP contribution is 2.41. The molecule has 1 saturated carbocycles. The maximum atomic E-state index is 12.9. The molecule has 150 valence electrons. The largest absolute Gasteiger partial charge is 0.379 e. The Morgan fingerprint density at radius 1 is 1.18 bits per heavy atom. The molecule has 0 spiro atoms. The van der Waals surface area contributed by atoms with Crippen LogP contribution in [0.2, 0.25) is 0 Å². The number of nitrogens with zero attached hydrogens (tertiary/aromatic N) is 2. The van der Waals surface area contributed by atoms with E-state index >= 15 is 0 Å². The molecule has 2 aromatic rings. The molecule has 1 aliphatic carbocycles. The maximum absolute atomic E-state index is 12.9. The highest BCUT2D eigenvalue weighted by molar-refractivity contribution is 7.89. The first-order chi connectivity index (χ1) is 13.5. The van der Waals surface area contributed by atoms with Gasteiger partial charge in [0.25, 0.3) is 5.91 Å². The lowest BCUT2D eigenvalue weighted by Gasteiger charge is -2.25. The second-order valence-corrected chi connectivity index (χ2v) is 9.33. The van der Waals surface area contributed by atoms with E-state index in [2.05, 4.69) is 5.32 Å². The molecule has 28 heavy (non-hydrogen) atoms. The van der Waals surface area contributed by atoms with Crippen molar-refractivity contribution in [2.45, 2.75) is 23.8 Å². The van der Waals surface area contributed by atoms with Crippen LogP contribution in [0.5, 0.6) is 0 Å². The number of sulfonamides is 1. The summed E-state index contributed by atoms with van der Waals surface area (Å²) in [7, 11) is -1.93. The van der Waals surface area contributed by atoms with E-state index in [1.807, 2.05) is 30.3 Å². The Labute approximate surface area is 165 Å². The van der Waals surface area contributed by atoms with E-state index in [1.165, 1.54) is 16.6 Å². The standard InChI is InChI=1S/C20H25N3O4S/c1-22-14-17(28(25,26)23-9-11-27-12-10-23)13-18(22)20(24)21-19(16-7-8-16)15-5-3-2-4-6-15/h2-6,13-14,16,19H,7-12H2,1H3,(H,21,24). The van der Waals surface area contributed by atoms with Gasteiger partial charge in [-0.05, 0) is 30.4 Å². The van der Waals surface area contributed by atoms with Gasteiger partial charge in [-0.15, -0.1) is 0 Å². The van der Waals surface area contributed by atoms with Crippen LogP contribution in [0.4, 0.5) is 0 Å². The first kappa shape index (κ1) is 19.2. The average Bonchev–Trinajstić information content (AvgIpc) is 3.48. The summed E-state index contributed by atoms with van der Waals surface area (Å²) < 4.78 is 33.9. The van der Waals surface area contributed by atoms with E-state index < -0.39 is 10.0 Å². The van der Waals surface area contributed by atoms with E-state index in [-0.39, 0.29) is 16.8 Å². The number of amides is 1. The SMILES string of the molecule is Cn1cc(S(=O)(=O)N2CCOCC2)cc1C(=O)NC(c1ccccc1)C1CC1. The van der Waals surface area contributed by atoms with Gasteiger partial charge >= 0.3 is 0 Å². The molecule has 1 N–H and O–H groups in total. The van der Waals surface area contributed by atoms with Gasteiger partial charge < -0.3 is 14.6 Å². The van der Waals surface area contributed by atoms with E-state index in [0.717, 1.165) is 18.4 Å². The summed E-state index contributed by atoms with van der Waals surface area (Å²) in [6.07, 6.45) is 3.68. The first-order valence-electron chi connectivity index (χ1n) is 9.57. The van der Waals surface area contributed by atoms with Crippen molar-refractivity contribution in [1.82, 2.24) is 14.2 Å². The predicted molar refractivity (Wildman–Crippen MR) is 104 cm³/mol. The summed E-state index contributed by atoms with van der Waals surface area (Å²) in [5.74, 6) is 0.176. The van der Waals surface area contributed by atoms with E-state index in [0.29, 0.717) is 37.9 Å². The summed E-state index contributed by atoms with van der Waals surface area (Å²) in [6.45, 7) is 1.44. The molecule has 0 bridgehead atoms. The van der Waals surface area contributed by atoms with E-state index in [1.54, 1.807) is 11.6 Å². The van der Waals surface area contributed by atoms with Gasteiger partial charge in [0, 0.05) is 26.3 Å². The number of morpholine rings is 1. The van der Waals surface area contributed by atoms with Crippen molar-refractivity contribution in [3.63, 3.8) is 0 Å². The molecule has 7 nitrogen and oxygen atoms in total. The van der Waals surface area contributed by atoms with Gasteiger partial charge in [0.05, 0.1) is 19.3 Å². The fourth-order valence-electron chi connectivity index (χ4n) is 3.62. The second-order valence-electron chi connectivity index (χ2n) is 7.39.